The number of aromatic hydroxyl groups is 2. The normalized spacial score (nSPS) is 9.33. The number of ether oxygens (including phenoxy) is 1. The Kier molecular flexibility index (Phi) is 29.4. The summed E-state index contributed by atoms with van der Waals surface area (Å²) in [6.07, 6.45) is 21.6. The minimum absolute atomic E-state index is 0. The van der Waals surface area contributed by atoms with Crippen LogP contribution < -0.4 is 35.0 Å². The predicted molar refractivity (Wildman–Crippen MR) is 268 cm³/mol. The smallest absolute Gasteiger partial charge is 0.872 e. The van der Waals surface area contributed by atoms with Gasteiger partial charge >= 0.3 is 30.4 Å². The number of rotatable bonds is 6. The zero-order valence-corrected chi connectivity index (χ0v) is 48.0. The third kappa shape index (κ3) is 19.5. The first-order valence-corrected chi connectivity index (χ1v) is 21.3. The van der Waals surface area contributed by atoms with Crippen molar-refractivity contribution in [1.82, 2.24) is 34.9 Å². The van der Waals surface area contributed by atoms with Crippen LogP contribution in [0.2, 0.25) is 0 Å². The SMILES string of the molecule is COc1ccc(-c2cnccc2[O-])[nH+]c1.Cc1ccc(-c2cnccc2[O-])[nH+]c1.N#Cc1ccc(-c2cnccc2[O-])[nH+]c1.Oc1cnccc1-c1ccc(F)cn1.Oc1cnccc1-c1ncc(F)cc1F.[Be+2].[Be+2].[Be+2].[Zn].[Zn]. The molecule has 0 unspecified atom stereocenters. The number of nitrogens with zero attached hydrogens (tertiary/aromatic N) is 8. The van der Waals surface area contributed by atoms with Crippen molar-refractivity contribution in [2.75, 3.05) is 7.11 Å². The van der Waals surface area contributed by atoms with Crippen molar-refractivity contribution in [1.29, 1.82) is 5.26 Å². The molecule has 10 heterocycles. The molecule has 0 atom stereocenters. The van der Waals surface area contributed by atoms with Gasteiger partial charge in [0, 0.05) is 129 Å². The van der Waals surface area contributed by atoms with Crippen molar-refractivity contribution in [3.8, 4) is 96.9 Å². The molecular formula is C53H40Be3F3N11O6Zn2+6. The van der Waals surface area contributed by atoms with Crippen molar-refractivity contribution in [3.05, 3.63) is 206 Å². The number of hydrogen-bond acceptors (Lipinski definition) is 14. The van der Waals surface area contributed by atoms with Gasteiger partial charge < -0.3 is 30.3 Å². The van der Waals surface area contributed by atoms with E-state index in [2.05, 4.69) is 49.8 Å². The maximum Gasteiger partial charge on any atom is 2.00 e. The van der Waals surface area contributed by atoms with Crippen LogP contribution in [0.4, 0.5) is 13.2 Å². The Morgan fingerprint density at radius 1 is 0.513 bits per heavy atom. The molecule has 0 aliphatic rings. The molecule has 10 rings (SSSR count). The van der Waals surface area contributed by atoms with Gasteiger partial charge in [-0.15, -0.1) is 0 Å². The summed E-state index contributed by atoms with van der Waals surface area (Å²) in [5.74, 6) is -1.58. The molecule has 0 radical (unpaired) electrons. The molecule has 0 saturated heterocycles. The van der Waals surface area contributed by atoms with Crippen molar-refractivity contribution >= 4 is 30.4 Å². The van der Waals surface area contributed by atoms with Crippen LogP contribution >= 0.6 is 0 Å². The standard InChI is InChI=1S/C11H7N3O.C11H10N2O2.C11H10N2O.C10H6F2N2O.C10H7FN2O.3Be.2Zn/c12-5-8-1-2-10(14-6-8)9-7-13-4-3-11(9)15;1-15-8-2-3-10(13-6-8)9-7-12-5-4-11(9)14;1-8-2-3-10(13-6-8)9-7-12-5-4-11(9)14;11-6-3-8(12)10(14-4-6)7-1-2-13-5-9(7)15;11-7-1-2-9(13-5-7)8-3-4-12-6-10(8)14;;;;;/h1-4,6-7H,(H,13,15);2-7H,1H3,(H,12,14);2-7H,1H3,(H,12,14);1-5,15H;1-6,14H;;;;;/q;;;;;3*+2;;. The Hall–Kier alpha value is -8.67. The Morgan fingerprint density at radius 2 is 0.974 bits per heavy atom. The zero-order chi connectivity index (χ0) is 52.1. The second kappa shape index (κ2) is 34.1. The van der Waals surface area contributed by atoms with Crippen LogP contribution in [-0.4, -0.2) is 82.6 Å². The molecular weight excluding hydrogens is 1100 g/mol. The molecule has 78 heavy (non-hydrogen) atoms. The molecule has 25 heteroatoms. The Bertz CT molecular complexity index is 3360. The van der Waals surface area contributed by atoms with Gasteiger partial charge in [-0.05, 0) is 49.4 Å². The molecule has 0 fully saturated rings. The Balaban J connectivity index is 0.000000480. The summed E-state index contributed by atoms with van der Waals surface area (Å²) >= 11 is 0. The van der Waals surface area contributed by atoms with E-state index in [9.17, 15) is 38.7 Å². The number of hydrogen-bond donors (Lipinski definition) is 2. The van der Waals surface area contributed by atoms with Crippen LogP contribution in [0, 0.1) is 35.7 Å². The second-order valence-corrected chi connectivity index (χ2v) is 14.8. The second-order valence-electron chi connectivity index (χ2n) is 14.8. The van der Waals surface area contributed by atoms with E-state index < -0.39 is 17.5 Å². The summed E-state index contributed by atoms with van der Waals surface area (Å²) in [4.78, 5) is 35.4. The fourth-order valence-electron chi connectivity index (χ4n) is 6.13. The number of aromatic amines is 3. The van der Waals surface area contributed by atoms with Crippen molar-refractivity contribution in [2.24, 2.45) is 0 Å². The number of aryl methyl sites for hydroxylation is 1. The number of nitrogens with one attached hydrogen (secondary N) is 3. The minimum Gasteiger partial charge on any atom is -0.872 e. The summed E-state index contributed by atoms with van der Waals surface area (Å²) in [5.41, 5.74) is 6.65. The van der Waals surface area contributed by atoms with Crippen LogP contribution in [0.15, 0.2) is 178 Å². The molecule has 0 bridgehead atoms. The first kappa shape index (κ1) is 67.3. The number of halogens is 3. The van der Waals surface area contributed by atoms with Crippen LogP contribution in [0.25, 0.3) is 56.3 Å². The molecule has 0 aliphatic heterocycles. The third-order valence-electron chi connectivity index (χ3n) is 9.81. The van der Waals surface area contributed by atoms with Crippen molar-refractivity contribution < 1.29 is 97.3 Å². The number of nitriles is 1. The van der Waals surface area contributed by atoms with Crippen LogP contribution in [0.1, 0.15) is 11.1 Å². The van der Waals surface area contributed by atoms with E-state index in [1.807, 2.05) is 31.3 Å². The van der Waals surface area contributed by atoms with E-state index in [4.69, 9.17) is 10.00 Å². The van der Waals surface area contributed by atoms with Gasteiger partial charge in [-0.3, -0.25) is 29.9 Å². The summed E-state index contributed by atoms with van der Waals surface area (Å²) in [6.45, 7) is 1.99. The van der Waals surface area contributed by atoms with Gasteiger partial charge in [-0.2, -0.15) is 5.26 Å². The number of aromatic nitrogens is 10. The minimum atomic E-state index is -0.823. The van der Waals surface area contributed by atoms with E-state index in [0.29, 0.717) is 45.3 Å². The molecule has 368 valence electrons. The summed E-state index contributed by atoms with van der Waals surface area (Å²) in [5, 5.41) is 61.8. The molecule has 10 aromatic heterocycles. The quantitative estimate of drug-likeness (QED) is 0.206. The largest absolute Gasteiger partial charge is 2.00 e. The average Bonchev–Trinajstić information content (AvgIpc) is 3.41. The molecule has 0 aromatic carbocycles. The van der Waals surface area contributed by atoms with E-state index in [0.717, 1.165) is 35.1 Å². The molecule has 5 N–H and O–H groups in total. The first-order valence-electron chi connectivity index (χ1n) is 21.3. The first-order chi connectivity index (χ1) is 35.3. The predicted octanol–water partition coefficient (Wildman–Crippen LogP) is 5.07. The van der Waals surface area contributed by atoms with Crippen LogP contribution in [-0.2, 0) is 39.0 Å². The monoisotopic (exact) mass is 1140 g/mol. The summed E-state index contributed by atoms with van der Waals surface area (Å²) < 4.78 is 43.4. The molecule has 0 amide bonds. The van der Waals surface area contributed by atoms with Gasteiger partial charge in [0.25, 0.3) is 0 Å². The topological polar surface area (TPSA) is 275 Å². The van der Waals surface area contributed by atoms with Gasteiger partial charge in [0.2, 0.25) is 23.3 Å². The van der Waals surface area contributed by atoms with E-state index in [-0.39, 0.29) is 109 Å². The Morgan fingerprint density at radius 3 is 1.37 bits per heavy atom. The average molecular weight is 1140 g/mol. The molecule has 0 spiro atoms. The summed E-state index contributed by atoms with van der Waals surface area (Å²) in [7, 11) is 1.59. The molecule has 10 aromatic rings. The summed E-state index contributed by atoms with van der Waals surface area (Å²) in [6, 6.07) is 23.6. The number of H-pyrrole nitrogens is 3. The number of methoxy groups -OCH3 is 1. The fourth-order valence-corrected chi connectivity index (χ4v) is 6.13. The number of pyridine rings is 10. The molecule has 0 aliphatic carbocycles. The van der Waals surface area contributed by atoms with E-state index >= 15 is 0 Å². The molecule has 0 saturated carbocycles. The van der Waals surface area contributed by atoms with Crippen LogP contribution in [0.5, 0.6) is 34.5 Å². The van der Waals surface area contributed by atoms with Crippen molar-refractivity contribution in [2.45, 2.75) is 6.92 Å². The zero-order valence-electron chi connectivity index (χ0n) is 42.0. The molecule has 17 nitrogen and oxygen atoms in total. The van der Waals surface area contributed by atoms with Gasteiger partial charge in [0.15, 0.2) is 24.0 Å². The fraction of sp³-hybridized carbons (Fsp3) is 0.0377. The van der Waals surface area contributed by atoms with E-state index in [1.54, 1.807) is 68.4 Å². The maximum atomic E-state index is 13.3. The van der Waals surface area contributed by atoms with Gasteiger partial charge in [-0.25, -0.2) is 33.1 Å². The maximum absolute atomic E-state index is 13.3. The van der Waals surface area contributed by atoms with Gasteiger partial charge in [0.1, 0.15) is 40.5 Å². The van der Waals surface area contributed by atoms with Crippen LogP contribution in [0.3, 0.4) is 0 Å². The Labute approximate surface area is 482 Å². The van der Waals surface area contributed by atoms with E-state index in [1.165, 1.54) is 79.8 Å². The van der Waals surface area contributed by atoms with Crippen molar-refractivity contribution in [3.63, 3.8) is 0 Å². The van der Waals surface area contributed by atoms with Gasteiger partial charge in [-0.1, -0.05) is 35.4 Å². The third-order valence-corrected chi connectivity index (χ3v) is 9.81. The van der Waals surface area contributed by atoms with Gasteiger partial charge in [0.05, 0.1) is 54.3 Å².